The van der Waals surface area contributed by atoms with E-state index in [0.29, 0.717) is 12.4 Å². The molecule has 0 amide bonds. The van der Waals surface area contributed by atoms with Crippen LogP contribution in [0, 0.1) is 11.3 Å². The second kappa shape index (κ2) is 7.24. The molecule has 0 aliphatic rings. The molecule has 0 bridgehead atoms. The molecule has 0 radical (unpaired) electrons. The first-order chi connectivity index (χ1) is 10.7. The van der Waals surface area contributed by atoms with Crippen molar-refractivity contribution in [2.24, 2.45) is 4.99 Å². The Morgan fingerprint density at radius 1 is 1.18 bits per heavy atom. The minimum absolute atomic E-state index is 0.330. The summed E-state index contributed by atoms with van der Waals surface area (Å²) in [6, 6.07) is 21.3. The summed E-state index contributed by atoms with van der Waals surface area (Å²) in [5.74, 6) is 0.330. The van der Waals surface area contributed by atoms with Crippen LogP contribution in [0.15, 0.2) is 78.0 Å². The van der Waals surface area contributed by atoms with E-state index >= 15 is 0 Å². The predicted molar refractivity (Wildman–Crippen MR) is 88.5 cm³/mol. The minimum Gasteiger partial charge on any atom is -0.495 e. The molecule has 22 heavy (non-hydrogen) atoms. The van der Waals surface area contributed by atoms with Gasteiger partial charge in [0.05, 0.1) is 6.61 Å². The zero-order chi connectivity index (χ0) is 15.8. The van der Waals surface area contributed by atoms with Crippen molar-refractivity contribution >= 4 is 6.21 Å². The van der Waals surface area contributed by atoms with Crippen molar-refractivity contribution in [3.8, 4) is 6.07 Å². The zero-order valence-electron chi connectivity index (χ0n) is 12.6. The molecule has 0 aromatic heterocycles. The second-order valence-corrected chi connectivity index (χ2v) is 4.71. The van der Waals surface area contributed by atoms with Crippen LogP contribution in [0.2, 0.25) is 0 Å². The third-order valence-corrected chi connectivity index (χ3v) is 3.28. The second-order valence-electron chi connectivity index (χ2n) is 4.71. The highest BCUT2D eigenvalue weighted by molar-refractivity contribution is 5.80. The fourth-order valence-corrected chi connectivity index (χ4v) is 2.13. The molecule has 0 N–H and O–H groups in total. The molecule has 0 heterocycles. The van der Waals surface area contributed by atoms with Gasteiger partial charge in [0.25, 0.3) is 0 Å². The highest BCUT2D eigenvalue weighted by Crippen LogP contribution is 2.33. The highest BCUT2D eigenvalue weighted by atomic mass is 16.5. The van der Waals surface area contributed by atoms with Crippen LogP contribution in [-0.4, -0.2) is 12.8 Å². The van der Waals surface area contributed by atoms with Crippen molar-refractivity contribution in [2.75, 3.05) is 6.61 Å². The van der Waals surface area contributed by atoms with Gasteiger partial charge in [-0.05, 0) is 12.5 Å². The molecule has 0 spiro atoms. The van der Waals surface area contributed by atoms with Crippen LogP contribution in [0.4, 0.5) is 0 Å². The molecule has 3 nitrogen and oxygen atoms in total. The lowest BCUT2D eigenvalue weighted by atomic mass is 9.90. The molecule has 0 saturated heterocycles. The molecule has 1 atom stereocenters. The Bertz CT molecular complexity index is 686. The average molecular weight is 290 g/mol. The maximum atomic E-state index is 9.80. The fourth-order valence-electron chi connectivity index (χ4n) is 2.13. The van der Waals surface area contributed by atoms with Crippen LogP contribution in [0.1, 0.15) is 18.1 Å². The number of ether oxygens (including phenoxy) is 1. The number of benzene rings is 2. The average Bonchev–Trinajstić information content (AvgIpc) is 2.58. The highest BCUT2D eigenvalue weighted by Gasteiger charge is 2.36. The fraction of sp³-hybridized carbons (Fsp3) is 0.158. The number of hydrogen-bond acceptors (Lipinski definition) is 3. The predicted octanol–water partition coefficient (Wildman–Crippen LogP) is 4.07. The Morgan fingerprint density at radius 2 is 1.77 bits per heavy atom. The standard InChI is InChI=1S/C19H18N2O/c1-3-22-16(2)19(15-20,18-12-8-5-9-13-18)21-14-17-10-6-4-7-11-17/h4-14H,2-3H2,1H3. The van der Waals surface area contributed by atoms with Gasteiger partial charge in [-0.25, -0.2) is 0 Å². The van der Waals surface area contributed by atoms with Gasteiger partial charge in [0, 0.05) is 11.8 Å². The number of nitriles is 1. The molecule has 0 aliphatic heterocycles. The van der Waals surface area contributed by atoms with E-state index in [1.165, 1.54) is 0 Å². The quantitative estimate of drug-likeness (QED) is 0.594. The maximum Gasteiger partial charge on any atom is 0.227 e. The summed E-state index contributed by atoms with van der Waals surface area (Å²) in [4.78, 5) is 4.52. The van der Waals surface area contributed by atoms with E-state index in [4.69, 9.17) is 4.74 Å². The largest absolute Gasteiger partial charge is 0.495 e. The Labute approximate surface area is 131 Å². The number of nitrogens with zero attached hydrogens (tertiary/aromatic N) is 2. The van der Waals surface area contributed by atoms with Gasteiger partial charge in [0.1, 0.15) is 11.8 Å². The van der Waals surface area contributed by atoms with Crippen LogP contribution in [-0.2, 0) is 10.3 Å². The Kier molecular flexibility index (Phi) is 5.11. The Hall–Kier alpha value is -2.86. The molecule has 3 heteroatoms. The summed E-state index contributed by atoms with van der Waals surface area (Å²) in [6.07, 6.45) is 1.68. The summed E-state index contributed by atoms with van der Waals surface area (Å²) in [7, 11) is 0. The van der Waals surface area contributed by atoms with E-state index in [9.17, 15) is 5.26 Å². The molecule has 110 valence electrons. The van der Waals surface area contributed by atoms with E-state index in [-0.39, 0.29) is 0 Å². The Morgan fingerprint density at radius 3 is 2.32 bits per heavy atom. The van der Waals surface area contributed by atoms with Gasteiger partial charge in [0.15, 0.2) is 0 Å². The lowest BCUT2D eigenvalue weighted by Crippen LogP contribution is -2.26. The van der Waals surface area contributed by atoms with Crippen LogP contribution in [0.5, 0.6) is 0 Å². The van der Waals surface area contributed by atoms with Crippen LogP contribution in [0.3, 0.4) is 0 Å². The van der Waals surface area contributed by atoms with Crippen LogP contribution < -0.4 is 0 Å². The molecule has 2 aromatic rings. The van der Waals surface area contributed by atoms with E-state index in [1.807, 2.05) is 67.6 Å². The molecule has 0 saturated carbocycles. The summed E-state index contributed by atoms with van der Waals surface area (Å²) < 4.78 is 5.51. The number of aliphatic imine (C=N–C) groups is 1. The van der Waals surface area contributed by atoms with Gasteiger partial charge in [-0.1, -0.05) is 67.2 Å². The first-order valence-corrected chi connectivity index (χ1v) is 7.12. The van der Waals surface area contributed by atoms with Crippen molar-refractivity contribution in [3.63, 3.8) is 0 Å². The smallest absolute Gasteiger partial charge is 0.227 e. The first-order valence-electron chi connectivity index (χ1n) is 7.12. The number of rotatable bonds is 6. The zero-order valence-corrected chi connectivity index (χ0v) is 12.6. The SMILES string of the molecule is C=C(OCC)C(C#N)(N=Cc1ccccc1)c1ccccc1. The molecule has 0 fully saturated rings. The van der Waals surface area contributed by atoms with E-state index < -0.39 is 5.54 Å². The van der Waals surface area contributed by atoms with Gasteiger partial charge in [-0.3, -0.25) is 4.99 Å². The summed E-state index contributed by atoms with van der Waals surface area (Å²) in [5, 5.41) is 9.80. The third-order valence-electron chi connectivity index (χ3n) is 3.28. The molecular formula is C19H18N2O. The van der Waals surface area contributed by atoms with Gasteiger partial charge in [-0.2, -0.15) is 5.26 Å². The molecular weight excluding hydrogens is 272 g/mol. The molecule has 2 aromatic carbocycles. The van der Waals surface area contributed by atoms with Gasteiger partial charge in [-0.15, -0.1) is 0 Å². The first kappa shape index (κ1) is 15.5. The summed E-state index contributed by atoms with van der Waals surface area (Å²) >= 11 is 0. The van der Waals surface area contributed by atoms with Gasteiger partial charge < -0.3 is 4.74 Å². The van der Waals surface area contributed by atoms with Crippen molar-refractivity contribution in [1.82, 2.24) is 0 Å². The lowest BCUT2D eigenvalue weighted by Gasteiger charge is -2.24. The topological polar surface area (TPSA) is 45.4 Å². The van der Waals surface area contributed by atoms with E-state index in [0.717, 1.165) is 11.1 Å². The van der Waals surface area contributed by atoms with E-state index in [2.05, 4.69) is 17.6 Å². The monoisotopic (exact) mass is 290 g/mol. The minimum atomic E-state index is -1.24. The van der Waals surface area contributed by atoms with Crippen molar-refractivity contribution < 1.29 is 4.74 Å². The van der Waals surface area contributed by atoms with Crippen LogP contribution in [0.25, 0.3) is 0 Å². The molecule has 1 unspecified atom stereocenters. The van der Waals surface area contributed by atoms with Crippen molar-refractivity contribution in [1.29, 1.82) is 5.26 Å². The maximum absolute atomic E-state index is 9.80. The molecule has 2 rings (SSSR count). The molecule has 0 aliphatic carbocycles. The summed E-state index contributed by atoms with van der Waals surface area (Å²) in [5.41, 5.74) is 0.415. The summed E-state index contributed by atoms with van der Waals surface area (Å²) in [6.45, 7) is 6.22. The number of hydrogen-bond donors (Lipinski definition) is 0. The third kappa shape index (κ3) is 3.24. The lowest BCUT2D eigenvalue weighted by molar-refractivity contribution is 0.195. The van der Waals surface area contributed by atoms with Gasteiger partial charge >= 0.3 is 0 Å². The van der Waals surface area contributed by atoms with E-state index in [1.54, 1.807) is 6.21 Å². The van der Waals surface area contributed by atoms with Crippen LogP contribution >= 0.6 is 0 Å². The van der Waals surface area contributed by atoms with Crippen molar-refractivity contribution in [2.45, 2.75) is 12.5 Å². The van der Waals surface area contributed by atoms with Gasteiger partial charge in [0.2, 0.25) is 5.54 Å². The Balaban J connectivity index is 2.48. The normalized spacial score (nSPS) is 13.3. The van der Waals surface area contributed by atoms with Crippen molar-refractivity contribution in [3.05, 3.63) is 84.1 Å².